The summed E-state index contributed by atoms with van der Waals surface area (Å²) >= 11 is 0. The van der Waals surface area contributed by atoms with Crippen LogP contribution in [0.3, 0.4) is 0 Å². The number of unbranched alkanes of at least 4 members (excludes halogenated alkanes) is 1. The van der Waals surface area contributed by atoms with Crippen molar-refractivity contribution in [3.8, 4) is 0 Å². The minimum absolute atomic E-state index is 0.342. The summed E-state index contributed by atoms with van der Waals surface area (Å²) in [6, 6.07) is 10.5. The molecule has 108 valence electrons. The fourth-order valence-electron chi connectivity index (χ4n) is 2.14. The van der Waals surface area contributed by atoms with E-state index >= 15 is 0 Å². The van der Waals surface area contributed by atoms with Gasteiger partial charge in [-0.15, -0.1) is 0 Å². The maximum atomic E-state index is 5.52. The number of benzene rings is 1. The molecule has 1 aromatic heterocycles. The largest absolute Gasteiger partial charge is 0.379 e. The van der Waals surface area contributed by atoms with Crippen LogP contribution in [0, 0.1) is 0 Å². The third-order valence-corrected chi connectivity index (χ3v) is 3.20. The number of aromatic nitrogens is 1. The lowest BCUT2D eigenvalue weighted by Gasteiger charge is -2.08. The third kappa shape index (κ3) is 4.91. The van der Waals surface area contributed by atoms with Crippen LogP contribution in [-0.4, -0.2) is 24.2 Å². The van der Waals surface area contributed by atoms with Gasteiger partial charge in [0.15, 0.2) is 0 Å². The lowest BCUT2D eigenvalue weighted by molar-refractivity contribution is 0.0760. The Bertz CT molecular complexity index is 525. The molecule has 0 fully saturated rings. The minimum Gasteiger partial charge on any atom is -0.379 e. The fraction of sp³-hybridized carbons (Fsp3) is 0.471. The van der Waals surface area contributed by atoms with Crippen LogP contribution in [0.2, 0.25) is 0 Å². The first kappa shape index (κ1) is 14.9. The highest BCUT2D eigenvalue weighted by Crippen LogP contribution is 2.13. The van der Waals surface area contributed by atoms with Gasteiger partial charge in [0.2, 0.25) is 0 Å². The smallest absolute Gasteiger partial charge is 0.0702 e. The first-order valence-corrected chi connectivity index (χ1v) is 7.41. The summed E-state index contributed by atoms with van der Waals surface area (Å²) < 4.78 is 5.52. The Labute approximate surface area is 121 Å². The molecule has 3 nitrogen and oxygen atoms in total. The molecule has 3 heteroatoms. The molecule has 0 atom stereocenters. The lowest BCUT2D eigenvalue weighted by Crippen LogP contribution is -2.15. The van der Waals surface area contributed by atoms with Crippen molar-refractivity contribution in [1.29, 1.82) is 0 Å². The summed E-state index contributed by atoms with van der Waals surface area (Å²) in [6.45, 7) is 6.96. The molecular weight excluding hydrogens is 248 g/mol. The lowest BCUT2D eigenvalue weighted by atomic mass is 10.1. The van der Waals surface area contributed by atoms with Crippen molar-refractivity contribution in [3.63, 3.8) is 0 Å². The monoisotopic (exact) mass is 272 g/mol. The molecule has 2 aromatic rings. The van der Waals surface area contributed by atoms with Gasteiger partial charge in [0, 0.05) is 24.7 Å². The molecule has 0 aliphatic heterocycles. The molecule has 1 aromatic carbocycles. The standard InChI is InChI=1S/C17H24N2O/c1-14(2)20-11-4-3-9-18-13-15-7-8-17-16(12-15)6-5-10-19-17/h5-8,10,12,14,18H,3-4,9,11,13H2,1-2H3. The SMILES string of the molecule is CC(C)OCCCCNCc1ccc2ncccc2c1. The van der Waals surface area contributed by atoms with E-state index in [4.69, 9.17) is 4.74 Å². The van der Waals surface area contributed by atoms with Gasteiger partial charge in [-0.05, 0) is 57.0 Å². The number of nitrogens with one attached hydrogen (secondary N) is 1. The summed E-state index contributed by atoms with van der Waals surface area (Å²) in [6.07, 6.45) is 4.45. The van der Waals surface area contributed by atoms with Crippen molar-refractivity contribution in [3.05, 3.63) is 42.1 Å². The minimum atomic E-state index is 0.342. The summed E-state index contributed by atoms with van der Waals surface area (Å²) in [5.74, 6) is 0. The molecule has 0 bridgehead atoms. The molecule has 0 unspecified atom stereocenters. The quantitative estimate of drug-likeness (QED) is 0.746. The Morgan fingerprint density at radius 2 is 2.10 bits per heavy atom. The molecule has 0 aliphatic rings. The van der Waals surface area contributed by atoms with E-state index in [0.29, 0.717) is 6.10 Å². The van der Waals surface area contributed by atoms with Crippen molar-refractivity contribution in [2.75, 3.05) is 13.2 Å². The van der Waals surface area contributed by atoms with E-state index < -0.39 is 0 Å². The molecule has 0 amide bonds. The third-order valence-electron chi connectivity index (χ3n) is 3.20. The van der Waals surface area contributed by atoms with Gasteiger partial charge >= 0.3 is 0 Å². The number of hydrogen-bond acceptors (Lipinski definition) is 3. The van der Waals surface area contributed by atoms with E-state index in [-0.39, 0.29) is 0 Å². The van der Waals surface area contributed by atoms with Crippen molar-refractivity contribution >= 4 is 10.9 Å². The maximum absolute atomic E-state index is 5.52. The zero-order valence-corrected chi connectivity index (χ0v) is 12.4. The zero-order chi connectivity index (χ0) is 14.2. The van der Waals surface area contributed by atoms with Crippen molar-refractivity contribution < 1.29 is 4.74 Å². The highest BCUT2D eigenvalue weighted by molar-refractivity contribution is 5.78. The second-order valence-electron chi connectivity index (χ2n) is 5.33. The number of nitrogens with zero attached hydrogens (tertiary/aromatic N) is 1. The first-order chi connectivity index (χ1) is 9.75. The van der Waals surface area contributed by atoms with Gasteiger partial charge in [-0.1, -0.05) is 12.1 Å². The second kappa shape index (κ2) is 7.98. The Balaban J connectivity index is 1.68. The molecule has 0 radical (unpaired) electrons. The average molecular weight is 272 g/mol. The number of fused-ring (bicyclic) bond motifs is 1. The average Bonchev–Trinajstić information content (AvgIpc) is 2.46. The van der Waals surface area contributed by atoms with Crippen molar-refractivity contribution in [2.45, 2.75) is 39.3 Å². The first-order valence-electron chi connectivity index (χ1n) is 7.41. The van der Waals surface area contributed by atoms with Crippen LogP contribution in [0.25, 0.3) is 10.9 Å². The molecule has 0 saturated carbocycles. The highest BCUT2D eigenvalue weighted by atomic mass is 16.5. The van der Waals surface area contributed by atoms with Crippen LogP contribution in [0.5, 0.6) is 0 Å². The fourth-order valence-corrected chi connectivity index (χ4v) is 2.14. The molecular formula is C17H24N2O. The van der Waals surface area contributed by atoms with Crippen LogP contribution in [-0.2, 0) is 11.3 Å². The normalized spacial score (nSPS) is 11.3. The number of pyridine rings is 1. The predicted molar refractivity (Wildman–Crippen MR) is 83.8 cm³/mol. The molecule has 2 rings (SSSR count). The van der Waals surface area contributed by atoms with Crippen LogP contribution in [0.1, 0.15) is 32.3 Å². The summed E-state index contributed by atoms with van der Waals surface area (Å²) in [5.41, 5.74) is 2.37. The van der Waals surface area contributed by atoms with Gasteiger partial charge in [-0.2, -0.15) is 0 Å². The van der Waals surface area contributed by atoms with E-state index in [1.807, 2.05) is 12.3 Å². The van der Waals surface area contributed by atoms with Crippen molar-refractivity contribution in [1.82, 2.24) is 10.3 Å². The number of ether oxygens (including phenoxy) is 1. The maximum Gasteiger partial charge on any atom is 0.0702 e. The van der Waals surface area contributed by atoms with Gasteiger partial charge in [-0.3, -0.25) is 4.98 Å². The summed E-state index contributed by atoms with van der Waals surface area (Å²) in [7, 11) is 0. The van der Waals surface area contributed by atoms with Gasteiger partial charge < -0.3 is 10.1 Å². The zero-order valence-electron chi connectivity index (χ0n) is 12.4. The van der Waals surface area contributed by atoms with Gasteiger partial charge in [0.05, 0.1) is 11.6 Å². The van der Waals surface area contributed by atoms with E-state index in [1.165, 1.54) is 10.9 Å². The predicted octanol–water partition coefficient (Wildman–Crippen LogP) is 3.53. The van der Waals surface area contributed by atoms with Crippen molar-refractivity contribution in [2.24, 2.45) is 0 Å². The van der Waals surface area contributed by atoms with Gasteiger partial charge in [0.1, 0.15) is 0 Å². The summed E-state index contributed by atoms with van der Waals surface area (Å²) in [4.78, 5) is 4.33. The topological polar surface area (TPSA) is 34.1 Å². The molecule has 0 saturated heterocycles. The van der Waals surface area contributed by atoms with Crippen LogP contribution in [0.4, 0.5) is 0 Å². The molecule has 20 heavy (non-hydrogen) atoms. The van der Waals surface area contributed by atoms with Crippen LogP contribution >= 0.6 is 0 Å². The Morgan fingerprint density at radius 1 is 1.20 bits per heavy atom. The molecule has 1 N–H and O–H groups in total. The van der Waals surface area contributed by atoms with E-state index in [0.717, 1.165) is 38.1 Å². The Hall–Kier alpha value is -1.45. The van der Waals surface area contributed by atoms with E-state index in [1.54, 1.807) is 0 Å². The van der Waals surface area contributed by atoms with Crippen LogP contribution in [0.15, 0.2) is 36.5 Å². The molecule has 0 spiro atoms. The number of rotatable bonds is 8. The highest BCUT2D eigenvalue weighted by Gasteiger charge is 1.97. The number of hydrogen-bond donors (Lipinski definition) is 1. The van der Waals surface area contributed by atoms with E-state index in [2.05, 4.69) is 48.4 Å². The molecule has 1 heterocycles. The Kier molecular flexibility index (Phi) is 5.96. The van der Waals surface area contributed by atoms with Gasteiger partial charge in [-0.25, -0.2) is 0 Å². The Morgan fingerprint density at radius 3 is 2.95 bits per heavy atom. The second-order valence-corrected chi connectivity index (χ2v) is 5.33. The molecule has 0 aliphatic carbocycles. The van der Waals surface area contributed by atoms with E-state index in [9.17, 15) is 0 Å². The van der Waals surface area contributed by atoms with Crippen LogP contribution < -0.4 is 5.32 Å². The van der Waals surface area contributed by atoms with Gasteiger partial charge in [0.25, 0.3) is 0 Å². The summed E-state index contributed by atoms with van der Waals surface area (Å²) in [5, 5.41) is 4.68.